The van der Waals surface area contributed by atoms with Gasteiger partial charge in [-0.25, -0.2) is 9.59 Å². The van der Waals surface area contributed by atoms with E-state index < -0.39 is 12.0 Å². The van der Waals surface area contributed by atoms with Crippen molar-refractivity contribution in [2.75, 3.05) is 0 Å². The zero-order chi connectivity index (χ0) is 18.1. The number of amides is 2. The van der Waals surface area contributed by atoms with Crippen LogP contribution in [0.3, 0.4) is 0 Å². The van der Waals surface area contributed by atoms with Gasteiger partial charge in [0.25, 0.3) is 0 Å². The van der Waals surface area contributed by atoms with Crippen LogP contribution in [0.25, 0.3) is 0 Å². The summed E-state index contributed by atoms with van der Waals surface area (Å²) < 4.78 is 5.34. The monoisotopic (exact) mass is 330 g/mol. The molecule has 1 aliphatic heterocycles. The molecule has 5 heteroatoms. The summed E-state index contributed by atoms with van der Waals surface area (Å²) in [5.41, 5.74) is 3.05. The lowest BCUT2D eigenvalue weighted by atomic mass is 9.85. The molecule has 2 amide bonds. The largest absolute Gasteiger partial charge is 0.459 e. The highest BCUT2D eigenvalue weighted by Crippen LogP contribution is 2.30. The molecule has 2 N–H and O–H groups in total. The van der Waals surface area contributed by atoms with Gasteiger partial charge in [0.15, 0.2) is 0 Å². The summed E-state index contributed by atoms with van der Waals surface area (Å²) in [6, 6.07) is 7.13. The molecule has 1 aromatic carbocycles. The maximum absolute atomic E-state index is 12.5. The van der Waals surface area contributed by atoms with Gasteiger partial charge in [-0.15, -0.1) is 0 Å². The molecule has 0 saturated heterocycles. The minimum atomic E-state index is -0.515. The fraction of sp³-hybridized carbons (Fsp3) is 0.474. The third-order valence-corrected chi connectivity index (χ3v) is 3.94. The number of hydrogen-bond acceptors (Lipinski definition) is 3. The first-order valence-electron chi connectivity index (χ1n) is 8.19. The first-order chi connectivity index (χ1) is 11.1. The summed E-state index contributed by atoms with van der Waals surface area (Å²) in [7, 11) is 0. The summed E-state index contributed by atoms with van der Waals surface area (Å²) in [4.78, 5) is 24.3. The summed E-state index contributed by atoms with van der Waals surface area (Å²) >= 11 is 0. The van der Waals surface area contributed by atoms with Gasteiger partial charge in [-0.05, 0) is 37.3 Å². The number of nitrogens with one attached hydrogen (secondary N) is 2. The molecular weight excluding hydrogens is 304 g/mol. The van der Waals surface area contributed by atoms with Crippen molar-refractivity contribution in [2.45, 2.75) is 59.1 Å². The molecule has 0 fully saturated rings. The maximum atomic E-state index is 12.5. The van der Waals surface area contributed by atoms with Crippen molar-refractivity contribution in [2.24, 2.45) is 0 Å². The quantitative estimate of drug-likeness (QED) is 0.833. The first kappa shape index (κ1) is 18.0. The molecule has 0 aliphatic carbocycles. The predicted molar refractivity (Wildman–Crippen MR) is 93.5 cm³/mol. The number of allylic oxidation sites excluding steroid dienone is 1. The Hall–Kier alpha value is -2.30. The lowest BCUT2D eigenvalue weighted by Gasteiger charge is -2.29. The van der Waals surface area contributed by atoms with E-state index in [9.17, 15) is 9.59 Å². The van der Waals surface area contributed by atoms with Crippen LogP contribution in [0.4, 0.5) is 4.79 Å². The number of carbonyl (C=O) groups excluding carboxylic acids is 2. The van der Waals surface area contributed by atoms with Crippen molar-refractivity contribution in [3.05, 3.63) is 46.7 Å². The van der Waals surface area contributed by atoms with E-state index in [1.807, 2.05) is 24.3 Å². The zero-order valence-corrected chi connectivity index (χ0v) is 15.2. The summed E-state index contributed by atoms with van der Waals surface area (Å²) in [5.74, 6) is -0.417. The fourth-order valence-electron chi connectivity index (χ4n) is 2.67. The molecule has 1 aliphatic rings. The Kier molecular flexibility index (Phi) is 5.02. The predicted octanol–water partition coefficient (Wildman–Crippen LogP) is 3.56. The van der Waals surface area contributed by atoms with E-state index in [2.05, 4.69) is 31.4 Å². The number of esters is 1. The van der Waals surface area contributed by atoms with E-state index >= 15 is 0 Å². The number of rotatable bonds is 3. The molecule has 0 aromatic heterocycles. The van der Waals surface area contributed by atoms with Crippen molar-refractivity contribution in [3.8, 4) is 0 Å². The molecule has 5 nitrogen and oxygen atoms in total. The Balaban J connectivity index is 2.39. The number of carbonyl (C=O) groups is 2. The Morgan fingerprint density at radius 1 is 1.17 bits per heavy atom. The first-order valence-corrected chi connectivity index (χ1v) is 8.19. The minimum absolute atomic E-state index is 0.0427. The maximum Gasteiger partial charge on any atom is 0.338 e. The van der Waals surface area contributed by atoms with E-state index in [1.165, 1.54) is 5.56 Å². The molecule has 1 atom stereocenters. The Bertz CT molecular complexity index is 667. The van der Waals surface area contributed by atoms with Gasteiger partial charge in [0.05, 0.1) is 17.7 Å². The highest BCUT2D eigenvalue weighted by molar-refractivity contribution is 5.95. The molecule has 1 heterocycles. The second kappa shape index (κ2) is 6.67. The molecule has 24 heavy (non-hydrogen) atoms. The van der Waals surface area contributed by atoms with E-state index in [1.54, 1.807) is 20.8 Å². The van der Waals surface area contributed by atoms with Crippen molar-refractivity contribution in [1.29, 1.82) is 0 Å². The van der Waals surface area contributed by atoms with Gasteiger partial charge in [-0.3, -0.25) is 0 Å². The van der Waals surface area contributed by atoms with E-state index in [4.69, 9.17) is 4.74 Å². The van der Waals surface area contributed by atoms with E-state index in [-0.39, 0.29) is 17.6 Å². The van der Waals surface area contributed by atoms with E-state index in [0.717, 1.165) is 5.56 Å². The summed E-state index contributed by atoms with van der Waals surface area (Å²) in [6.45, 7) is 11.7. The number of urea groups is 1. The number of ether oxygens (including phenoxy) is 1. The van der Waals surface area contributed by atoms with Gasteiger partial charge in [0.1, 0.15) is 0 Å². The highest BCUT2D eigenvalue weighted by Gasteiger charge is 2.32. The second-order valence-corrected chi connectivity index (χ2v) is 7.40. The Morgan fingerprint density at radius 2 is 1.75 bits per heavy atom. The molecule has 0 radical (unpaired) electrons. The SMILES string of the molecule is CC1=C(C(=O)OC(C)C)C(c2ccc(C(C)(C)C)cc2)NC(=O)N1. The molecular formula is C19H26N2O3. The smallest absolute Gasteiger partial charge is 0.338 e. The molecule has 1 aromatic rings. The van der Waals surface area contributed by atoms with Crippen LogP contribution in [0, 0.1) is 0 Å². The third-order valence-electron chi connectivity index (χ3n) is 3.94. The number of hydrogen-bond donors (Lipinski definition) is 2. The van der Waals surface area contributed by atoms with Crippen LogP contribution >= 0.6 is 0 Å². The summed E-state index contributed by atoms with van der Waals surface area (Å²) in [5, 5.41) is 5.46. The highest BCUT2D eigenvalue weighted by atomic mass is 16.5. The topological polar surface area (TPSA) is 67.4 Å². The average Bonchev–Trinajstić information content (AvgIpc) is 2.44. The number of benzene rings is 1. The van der Waals surface area contributed by atoms with Gasteiger partial charge in [-0.2, -0.15) is 0 Å². The van der Waals surface area contributed by atoms with Crippen LogP contribution in [-0.4, -0.2) is 18.1 Å². The summed E-state index contributed by atoms with van der Waals surface area (Å²) in [6.07, 6.45) is -0.223. The molecule has 0 saturated carbocycles. The van der Waals surface area contributed by atoms with Gasteiger partial charge >= 0.3 is 12.0 Å². The lowest BCUT2D eigenvalue weighted by molar-refractivity contribution is -0.143. The standard InChI is InChI=1S/C19H26N2O3/c1-11(2)24-17(22)15-12(3)20-18(23)21-16(15)13-7-9-14(10-8-13)19(4,5)6/h7-11,16H,1-6H3,(H2,20,21,23). The third kappa shape index (κ3) is 3.96. The normalized spacial score (nSPS) is 18.3. The fourth-order valence-corrected chi connectivity index (χ4v) is 2.67. The van der Waals surface area contributed by atoms with Crippen LogP contribution in [0.15, 0.2) is 35.5 Å². The van der Waals surface area contributed by atoms with Crippen LogP contribution in [0.5, 0.6) is 0 Å². The second-order valence-electron chi connectivity index (χ2n) is 7.40. The van der Waals surface area contributed by atoms with Gasteiger partial charge in [0.2, 0.25) is 0 Å². The van der Waals surface area contributed by atoms with Gasteiger partial charge < -0.3 is 15.4 Å². The molecule has 130 valence electrons. The average molecular weight is 330 g/mol. The van der Waals surface area contributed by atoms with Gasteiger partial charge in [-0.1, -0.05) is 45.0 Å². The molecule has 2 rings (SSSR count). The van der Waals surface area contributed by atoms with Crippen molar-refractivity contribution in [3.63, 3.8) is 0 Å². The molecule has 0 bridgehead atoms. The van der Waals surface area contributed by atoms with Crippen molar-refractivity contribution < 1.29 is 14.3 Å². The van der Waals surface area contributed by atoms with Crippen LogP contribution in [-0.2, 0) is 14.9 Å². The minimum Gasteiger partial charge on any atom is -0.459 e. The Morgan fingerprint density at radius 3 is 2.25 bits per heavy atom. The van der Waals surface area contributed by atoms with Gasteiger partial charge in [0, 0.05) is 5.70 Å². The molecule has 1 unspecified atom stereocenters. The van der Waals surface area contributed by atoms with Crippen LogP contribution in [0.1, 0.15) is 58.7 Å². The van der Waals surface area contributed by atoms with Crippen molar-refractivity contribution >= 4 is 12.0 Å². The Labute approximate surface area is 143 Å². The zero-order valence-electron chi connectivity index (χ0n) is 15.2. The van der Waals surface area contributed by atoms with Crippen LogP contribution in [0.2, 0.25) is 0 Å². The van der Waals surface area contributed by atoms with E-state index in [0.29, 0.717) is 11.3 Å². The van der Waals surface area contributed by atoms with Crippen molar-refractivity contribution in [1.82, 2.24) is 10.6 Å². The van der Waals surface area contributed by atoms with Crippen LogP contribution < -0.4 is 10.6 Å². The lowest BCUT2D eigenvalue weighted by Crippen LogP contribution is -2.45. The molecule has 0 spiro atoms.